The molecule has 0 aliphatic carbocycles. The van der Waals surface area contributed by atoms with Gasteiger partial charge in [-0.05, 0) is 58.3 Å². The minimum atomic E-state index is -1.34. The van der Waals surface area contributed by atoms with Gasteiger partial charge in [0.1, 0.15) is 5.75 Å². The van der Waals surface area contributed by atoms with Crippen molar-refractivity contribution in [3.63, 3.8) is 0 Å². The molecule has 0 aliphatic heterocycles. The first-order valence-corrected chi connectivity index (χ1v) is 9.03. The van der Waals surface area contributed by atoms with Crippen LogP contribution in [0.5, 0.6) is 5.75 Å². The highest BCUT2D eigenvalue weighted by atomic mass is 35.5. The van der Waals surface area contributed by atoms with Gasteiger partial charge < -0.3 is 19.6 Å². The summed E-state index contributed by atoms with van der Waals surface area (Å²) in [5, 5.41) is 13.6. The Labute approximate surface area is 170 Å². The van der Waals surface area contributed by atoms with E-state index in [0.717, 1.165) is 22.1 Å². The van der Waals surface area contributed by atoms with Gasteiger partial charge in [-0.25, -0.2) is 4.98 Å². The quantitative estimate of drug-likeness (QED) is 0.562. The number of fused-ring (bicyclic) bond motifs is 2. The van der Waals surface area contributed by atoms with E-state index in [9.17, 15) is 14.7 Å². The van der Waals surface area contributed by atoms with Crippen LogP contribution in [0, 0.1) is 0 Å². The van der Waals surface area contributed by atoms with Gasteiger partial charge in [-0.2, -0.15) is 0 Å². The summed E-state index contributed by atoms with van der Waals surface area (Å²) in [5.74, 6) is -0.424. The van der Waals surface area contributed by atoms with E-state index < -0.39 is 11.5 Å². The number of aromatic amines is 1. The van der Waals surface area contributed by atoms with Gasteiger partial charge in [-0.3, -0.25) is 4.79 Å². The second kappa shape index (κ2) is 7.41. The molecule has 0 saturated carbocycles. The van der Waals surface area contributed by atoms with Crippen molar-refractivity contribution in [2.75, 3.05) is 7.11 Å². The molecule has 0 unspecified atom stereocenters. The van der Waals surface area contributed by atoms with Crippen molar-refractivity contribution in [3.8, 4) is 5.75 Å². The summed E-state index contributed by atoms with van der Waals surface area (Å²) in [5.41, 5.74) is 0.570. The molecule has 6 nitrogen and oxygen atoms in total. The van der Waals surface area contributed by atoms with Crippen molar-refractivity contribution >= 4 is 50.4 Å². The fraction of sp³-hybridized carbons (Fsp3) is 0.0455. The van der Waals surface area contributed by atoms with Crippen molar-refractivity contribution in [2.45, 2.75) is 0 Å². The van der Waals surface area contributed by atoms with Gasteiger partial charge in [0.05, 0.1) is 29.0 Å². The molecule has 4 rings (SSSR count). The van der Waals surface area contributed by atoms with Gasteiger partial charge in [-0.15, -0.1) is 0 Å². The van der Waals surface area contributed by atoms with Crippen LogP contribution in [-0.2, 0) is 0 Å². The Kier molecular flexibility index (Phi) is 4.78. The maximum absolute atomic E-state index is 12.3. The fourth-order valence-corrected chi connectivity index (χ4v) is 3.27. The minimum absolute atomic E-state index is 0.0633. The van der Waals surface area contributed by atoms with Crippen molar-refractivity contribution in [1.82, 2.24) is 9.97 Å². The number of H-pyrrole nitrogens is 1. The molecule has 0 amide bonds. The number of methoxy groups -OCH3 is 1. The molecule has 7 heteroatoms. The number of carbonyl (C=O) groups excluding carboxylic acids is 1. The predicted octanol–water partition coefficient (Wildman–Crippen LogP) is 3.19. The SMILES string of the molecule is COc1ccc2cc(/C=C(\Cl)c3nc4cc(C(=O)[O-])ccc4c(=O)[nH]3)ccc2c1. The Balaban J connectivity index is 1.76. The molecule has 0 saturated heterocycles. The lowest BCUT2D eigenvalue weighted by Gasteiger charge is -2.06. The summed E-state index contributed by atoms with van der Waals surface area (Å²) in [6, 6.07) is 15.5. The molecular formula is C22H14ClN2O4-. The van der Waals surface area contributed by atoms with Crippen LogP contribution in [-0.4, -0.2) is 23.0 Å². The van der Waals surface area contributed by atoms with Crippen LogP contribution in [0.1, 0.15) is 21.7 Å². The van der Waals surface area contributed by atoms with Gasteiger partial charge in [0.15, 0.2) is 5.82 Å². The lowest BCUT2D eigenvalue weighted by Crippen LogP contribution is -2.22. The number of aromatic carboxylic acids is 1. The number of nitrogens with one attached hydrogen (secondary N) is 1. The van der Waals surface area contributed by atoms with E-state index in [-0.39, 0.29) is 27.3 Å². The smallest absolute Gasteiger partial charge is 0.259 e. The van der Waals surface area contributed by atoms with Gasteiger partial charge in [0.2, 0.25) is 0 Å². The number of hydrogen-bond acceptors (Lipinski definition) is 5. The van der Waals surface area contributed by atoms with Gasteiger partial charge in [0, 0.05) is 0 Å². The number of nitrogens with zero attached hydrogens (tertiary/aromatic N) is 1. The Morgan fingerprint density at radius 3 is 2.62 bits per heavy atom. The van der Waals surface area contributed by atoms with Crippen LogP contribution < -0.4 is 15.4 Å². The normalized spacial score (nSPS) is 11.7. The molecule has 0 radical (unpaired) electrons. The standard InChI is InChI=1S/C22H15ClN2O4/c1-29-16-6-4-13-8-12(2-3-14(13)10-16)9-18(23)20-24-19-11-15(22(27)28)5-7-17(19)21(26)25-20/h2-11H,1H3,(H,27,28)(H,24,25,26)/p-1/b18-9-. The van der Waals surface area contributed by atoms with Crippen molar-refractivity contribution in [2.24, 2.45) is 0 Å². The average molecular weight is 406 g/mol. The van der Waals surface area contributed by atoms with Crippen LogP contribution in [0.2, 0.25) is 0 Å². The van der Waals surface area contributed by atoms with Crippen molar-refractivity contribution in [1.29, 1.82) is 0 Å². The first-order chi connectivity index (χ1) is 13.9. The van der Waals surface area contributed by atoms with Crippen LogP contribution in [0.15, 0.2) is 59.4 Å². The topological polar surface area (TPSA) is 95.1 Å². The molecule has 1 aromatic heterocycles. The zero-order chi connectivity index (χ0) is 20.5. The van der Waals surface area contributed by atoms with Crippen LogP contribution in [0.3, 0.4) is 0 Å². The number of carbonyl (C=O) groups is 1. The number of benzene rings is 3. The summed E-state index contributed by atoms with van der Waals surface area (Å²) in [6.07, 6.45) is 1.68. The Morgan fingerprint density at radius 2 is 1.86 bits per heavy atom. The van der Waals surface area contributed by atoms with Gasteiger partial charge in [0.25, 0.3) is 5.56 Å². The zero-order valence-corrected chi connectivity index (χ0v) is 16.0. The van der Waals surface area contributed by atoms with E-state index in [1.165, 1.54) is 18.2 Å². The monoisotopic (exact) mass is 405 g/mol. The first kappa shape index (κ1) is 18.7. The highest BCUT2D eigenvalue weighted by molar-refractivity contribution is 6.50. The van der Waals surface area contributed by atoms with Crippen LogP contribution in [0.25, 0.3) is 32.8 Å². The summed E-state index contributed by atoms with van der Waals surface area (Å²) >= 11 is 6.39. The summed E-state index contributed by atoms with van der Waals surface area (Å²) in [6.45, 7) is 0. The van der Waals surface area contributed by atoms with Crippen molar-refractivity contribution < 1.29 is 14.6 Å². The average Bonchev–Trinajstić information content (AvgIpc) is 2.72. The highest BCUT2D eigenvalue weighted by Crippen LogP contribution is 2.25. The first-order valence-electron chi connectivity index (χ1n) is 8.65. The Bertz CT molecular complexity index is 1360. The number of carboxylic acids is 1. The van der Waals surface area contributed by atoms with Crippen LogP contribution >= 0.6 is 11.6 Å². The van der Waals surface area contributed by atoms with E-state index in [0.29, 0.717) is 0 Å². The largest absolute Gasteiger partial charge is 0.545 e. The second-order valence-electron chi connectivity index (χ2n) is 6.40. The molecule has 3 aromatic carbocycles. The molecule has 144 valence electrons. The summed E-state index contributed by atoms with van der Waals surface area (Å²) in [4.78, 5) is 30.3. The molecule has 0 bridgehead atoms. The second-order valence-corrected chi connectivity index (χ2v) is 6.81. The molecule has 4 aromatic rings. The number of ether oxygens (including phenoxy) is 1. The number of halogens is 1. The number of carboxylic acid groups (broad SMARTS) is 1. The molecule has 1 N–H and O–H groups in total. The maximum atomic E-state index is 12.3. The summed E-state index contributed by atoms with van der Waals surface area (Å²) in [7, 11) is 1.62. The maximum Gasteiger partial charge on any atom is 0.259 e. The van der Waals surface area contributed by atoms with E-state index in [4.69, 9.17) is 16.3 Å². The molecule has 0 aliphatic rings. The molecular weight excluding hydrogens is 392 g/mol. The summed E-state index contributed by atoms with van der Waals surface area (Å²) < 4.78 is 5.23. The minimum Gasteiger partial charge on any atom is -0.545 e. The zero-order valence-electron chi connectivity index (χ0n) is 15.2. The van der Waals surface area contributed by atoms with Gasteiger partial charge >= 0.3 is 0 Å². The fourth-order valence-electron chi connectivity index (χ4n) is 3.05. The Morgan fingerprint density at radius 1 is 1.10 bits per heavy atom. The number of rotatable bonds is 4. The third kappa shape index (κ3) is 3.70. The lowest BCUT2D eigenvalue weighted by atomic mass is 10.1. The molecule has 0 atom stereocenters. The Hall–Kier alpha value is -3.64. The van der Waals surface area contributed by atoms with Crippen LogP contribution in [0.4, 0.5) is 0 Å². The molecule has 0 fully saturated rings. The third-order valence-electron chi connectivity index (χ3n) is 4.53. The van der Waals surface area contributed by atoms with E-state index in [1.54, 1.807) is 13.2 Å². The lowest BCUT2D eigenvalue weighted by molar-refractivity contribution is -0.255. The van der Waals surface area contributed by atoms with E-state index >= 15 is 0 Å². The number of aromatic nitrogens is 2. The predicted molar refractivity (Wildman–Crippen MR) is 111 cm³/mol. The molecule has 1 heterocycles. The van der Waals surface area contributed by atoms with Gasteiger partial charge in [-0.1, -0.05) is 35.9 Å². The molecule has 29 heavy (non-hydrogen) atoms. The third-order valence-corrected chi connectivity index (χ3v) is 4.82. The molecule has 0 spiro atoms. The van der Waals surface area contributed by atoms with Crippen molar-refractivity contribution in [3.05, 3.63) is 81.9 Å². The van der Waals surface area contributed by atoms with E-state index in [2.05, 4.69) is 9.97 Å². The number of hydrogen-bond donors (Lipinski definition) is 1. The highest BCUT2D eigenvalue weighted by Gasteiger charge is 2.08. The van der Waals surface area contributed by atoms with E-state index in [1.807, 2.05) is 36.4 Å².